The van der Waals surface area contributed by atoms with Gasteiger partial charge in [-0.25, -0.2) is 4.98 Å². The van der Waals surface area contributed by atoms with E-state index in [2.05, 4.69) is 20.5 Å². The van der Waals surface area contributed by atoms with Crippen LogP contribution in [0, 0.1) is 0 Å². The Balaban J connectivity index is 1.58. The Labute approximate surface area is 182 Å². The summed E-state index contributed by atoms with van der Waals surface area (Å²) >= 11 is 0. The molecule has 1 aliphatic heterocycles. The number of aromatic nitrogens is 1. The van der Waals surface area contributed by atoms with Crippen molar-refractivity contribution in [3.05, 3.63) is 54.1 Å². The maximum atomic E-state index is 13.0. The molecule has 1 saturated heterocycles. The summed E-state index contributed by atoms with van der Waals surface area (Å²) in [7, 11) is 3.22. The molecule has 1 amide bonds. The predicted octanol–water partition coefficient (Wildman–Crippen LogP) is 3.82. The van der Waals surface area contributed by atoms with Crippen molar-refractivity contribution < 1.29 is 14.3 Å². The van der Waals surface area contributed by atoms with Crippen LogP contribution in [-0.4, -0.2) is 56.2 Å². The minimum absolute atomic E-state index is 0.0949. The second-order valence-electron chi connectivity index (χ2n) is 7.57. The lowest BCUT2D eigenvalue weighted by atomic mass is 10.1. The van der Waals surface area contributed by atoms with Crippen molar-refractivity contribution in [3.63, 3.8) is 0 Å². The second kappa shape index (κ2) is 9.66. The Hall–Kier alpha value is -3.32. The van der Waals surface area contributed by atoms with Crippen molar-refractivity contribution in [1.29, 1.82) is 0 Å². The fourth-order valence-corrected chi connectivity index (χ4v) is 3.90. The van der Waals surface area contributed by atoms with Crippen molar-refractivity contribution in [2.45, 2.75) is 12.8 Å². The highest BCUT2D eigenvalue weighted by atomic mass is 16.5. The highest BCUT2D eigenvalue weighted by molar-refractivity contribution is 6.07. The van der Waals surface area contributed by atoms with E-state index in [4.69, 9.17) is 9.47 Å². The molecule has 7 nitrogen and oxygen atoms in total. The number of carbonyl (C=O) groups is 1. The largest absolute Gasteiger partial charge is 0.497 e. The van der Waals surface area contributed by atoms with Gasteiger partial charge in [-0.1, -0.05) is 18.2 Å². The third-order valence-corrected chi connectivity index (χ3v) is 5.54. The van der Waals surface area contributed by atoms with Crippen LogP contribution in [0.5, 0.6) is 11.5 Å². The summed E-state index contributed by atoms with van der Waals surface area (Å²) in [4.78, 5) is 20.1. The number of nitrogens with zero attached hydrogens (tertiary/aromatic N) is 2. The summed E-state index contributed by atoms with van der Waals surface area (Å²) in [5.74, 6) is 1.81. The summed E-state index contributed by atoms with van der Waals surface area (Å²) < 4.78 is 10.7. The van der Waals surface area contributed by atoms with Gasteiger partial charge in [-0.15, -0.1) is 0 Å². The predicted molar refractivity (Wildman–Crippen MR) is 123 cm³/mol. The topological polar surface area (TPSA) is 75.7 Å². The number of benzene rings is 2. The monoisotopic (exact) mass is 420 g/mol. The van der Waals surface area contributed by atoms with Crippen LogP contribution in [0.15, 0.2) is 48.5 Å². The molecule has 1 aromatic heterocycles. The first-order valence-electron chi connectivity index (χ1n) is 10.6. The SMILES string of the molecule is COc1ccc(Nc2cc(C(=O)NCCN3CCCC3)c3ccccc3n2)c(OC)c1. The Morgan fingerprint density at radius 2 is 1.87 bits per heavy atom. The Kier molecular flexibility index (Phi) is 6.52. The molecule has 2 heterocycles. The van der Waals surface area contributed by atoms with E-state index in [1.807, 2.05) is 36.4 Å². The molecule has 0 bridgehead atoms. The molecule has 1 fully saturated rings. The zero-order valence-corrected chi connectivity index (χ0v) is 18.0. The lowest BCUT2D eigenvalue weighted by Gasteiger charge is -2.16. The zero-order chi connectivity index (χ0) is 21.6. The number of methoxy groups -OCH3 is 2. The fourth-order valence-electron chi connectivity index (χ4n) is 3.90. The minimum Gasteiger partial charge on any atom is -0.497 e. The van der Waals surface area contributed by atoms with Crippen LogP contribution in [0.2, 0.25) is 0 Å². The summed E-state index contributed by atoms with van der Waals surface area (Å²) in [6.45, 7) is 3.74. The molecule has 0 atom stereocenters. The van der Waals surface area contributed by atoms with Gasteiger partial charge in [0.25, 0.3) is 5.91 Å². The number of hydrogen-bond donors (Lipinski definition) is 2. The van der Waals surface area contributed by atoms with Crippen LogP contribution in [0.4, 0.5) is 11.5 Å². The van der Waals surface area contributed by atoms with Crippen molar-refractivity contribution in [2.24, 2.45) is 0 Å². The molecule has 7 heteroatoms. The number of hydrogen-bond acceptors (Lipinski definition) is 6. The van der Waals surface area contributed by atoms with Gasteiger partial charge in [-0.2, -0.15) is 0 Å². The summed E-state index contributed by atoms with van der Waals surface area (Å²) in [5, 5.41) is 7.18. The molecule has 2 aromatic carbocycles. The fraction of sp³-hybridized carbons (Fsp3) is 0.333. The first kappa shape index (κ1) is 20.9. The Bertz CT molecular complexity index is 1060. The van der Waals surface area contributed by atoms with Crippen molar-refractivity contribution in [2.75, 3.05) is 45.7 Å². The first-order valence-corrected chi connectivity index (χ1v) is 10.6. The average molecular weight is 421 g/mol. The number of likely N-dealkylation sites (tertiary alicyclic amines) is 1. The van der Waals surface area contributed by atoms with Gasteiger partial charge in [0.1, 0.15) is 17.3 Å². The number of anilines is 2. The van der Waals surface area contributed by atoms with Crippen LogP contribution in [0.1, 0.15) is 23.2 Å². The molecule has 2 N–H and O–H groups in total. The standard InChI is InChI=1S/C24H28N4O3/c1-30-17-9-10-21(22(15-17)31-2)27-23-16-19(18-7-3-4-8-20(18)26-23)24(29)25-11-14-28-12-5-6-13-28/h3-4,7-10,15-16H,5-6,11-14H2,1-2H3,(H,25,29)(H,26,27). The lowest BCUT2D eigenvalue weighted by Crippen LogP contribution is -2.33. The molecular weight excluding hydrogens is 392 g/mol. The van der Waals surface area contributed by atoms with Crippen molar-refractivity contribution in [3.8, 4) is 11.5 Å². The van der Waals surface area contributed by atoms with E-state index in [9.17, 15) is 4.79 Å². The van der Waals surface area contributed by atoms with E-state index in [-0.39, 0.29) is 5.91 Å². The van der Waals surface area contributed by atoms with Gasteiger partial charge in [0.2, 0.25) is 0 Å². The molecule has 0 radical (unpaired) electrons. The quantitative estimate of drug-likeness (QED) is 0.577. The second-order valence-corrected chi connectivity index (χ2v) is 7.57. The highest BCUT2D eigenvalue weighted by Gasteiger charge is 2.16. The molecule has 0 saturated carbocycles. The van der Waals surface area contributed by atoms with Gasteiger partial charge in [0.15, 0.2) is 0 Å². The first-order chi connectivity index (χ1) is 15.2. The molecule has 0 aliphatic carbocycles. The minimum atomic E-state index is -0.0949. The number of para-hydroxylation sites is 1. The van der Waals surface area contributed by atoms with Crippen LogP contribution < -0.4 is 20.1 Å². The number of nitrogens with one attached hydrogen (secondary N) is 2. The maximum Gasteiger partial charge on any atom is 0.252 e. The summed E-state index contributed by atoms with van der Waals surface area (Å²) in [6.07, 6.45) is 2.49. The lowest BCUT2D eigenvalue weighted by molar-refractivity contribution is 0.0951. The smallest absolute Gasteiger partial charge is 0.252 e. The number of pyridine rings is 1. The molecule has 0 unspecified atom stereocenters. The molecule has 31 heavy (non-hydrogen) atoms. The van der Waals surface area contributed by atoms with Crippen LogP contribution in [0.25, 0.3) is 10.9 Å². The van der Waals surface area contributed by atoms with E-state index >= 15 is 0 Å². The van der Waals surface area contributed by atoms with Crippen LogP contribution >= 0.6 is 0 Å². The zero-order valence-electron chi connectivity index (χ0n) is 18.0. The normalized spacial score (nSPS) is 13.9. The summed E-state index contributed by atoms with van der Waals surface area (Å²) in [6, 6.07) is 15.0. The van der Waals surface area contributed by atoms with E-state index in [0.717, 1.165) is 36.2 Å². The molecular formula is C24H28N4O3. The van der Waals surface area contributed by atoms with E-state index in [0.29, 0.717) is 29.4 Å². The highest BCUT2D eigenvalue weighted by Crippen LogP contribution is 2.32. The van der Waals surface area contributed by atoms with Crippen LogP contribution in [-0.2, 0) is 0 Å². The van der Waals surface area contributed by atoms with E-state index in [1.54, 1.807) is 26.4 Å². The molecule has 162 valence electrons. The third kappa shape index (κ3) is 4.88. The van der Waals surface area contributed by atoms with Gasteiger partial charge in [-0.3, -0.25) is 4.79 Å². The van der Waals surface area contributed by atoms with Crippen molar-refractivity contribution >= 4 is 28.3 Å². The van der Waals surface area contributed by atoms with Gasteiger partial charge in [0, 0.05) is 24.5 Å². The third-order valence-electron chi connectivity index (χ3n) is 5.54. The van der Waals surface area contributed by atoms with Gasteiger partial charge < -0.3 is 25.0 Å². The van der Waals surface area contributed by atoms with Crippen LogP contribution in [0.3, 0.4) is 0 Å². The number of ether oxygens (including phenoxy) is 2. The molecule has 0 spiro atoms. The Morgan fingerprint density at radius 3 is 2.65 bits per heavy atom. The van der Waals surface area contributed by atoms with Gasteiger partial charge in [-0.05, 0) is 50.2 Å². The van der Waals surface area contributed by atoms with Gasteiger partial charge >= 0.3 is 0 Å². The van der Waals surface area contributed by atoms with Gasteiger partial charge in [0.05, 0.1) is 31.0 Å². The Morgan fingerprint density at radius 1 is 1.06 bits per heavy atom. The maximum absolute atomic E-state index is 13.0. The van der Waals surface area contributed by atoms with E-state index in [1.165, 1.54) is 12.8 Å². The number of rotatable bonds is 8. The molecule has 4 rings (SSSR count). The number of amides is 1. The number of carbonyl (C=O) groups excluding carboxylic acids is 1. The molecule has 3 aromatic rings. The summed E-state index contributed by atoms with van der Waals surface area (Å²) in [5.41, 5.74) is 2.10. The average Bonchev–Trinajstić information content (AvgIpc) is 3.32. The molecule has 1 aliphatic rings. The van der Waals surface area contributed by atoms with E-state index < -0.39 is 0 Å². The van der Waals surface area contributed by atoms with Crippen molar-refractivity contribution in [1.82, 2.24) is 15.2 Å². The number of fused-ring (bicyclic) bond motifs is 1.